The van der Waals surface area contributed by atoms with Gasteiger partial charge >= 0.3 is 0 Å². The molecule has 0 radical (unpaired) electrons. The molecule has 2 aromatic heterocycles. The summed E-state index contributed by atoms with van der Waals surface area (Å²) < 4.78 is 1.56. The van der Waals surface area contributed by atoms with E-state index in [0.717, 1.165) is 5.56 Å². The lowest BCUT2D eigenvalue weighted by Gasteiger charge is -2.06. The SMILES string of the molecule is C[C@@H](O)c1ccnc(-n2cc(Cl)cn2)c1. The first-order valence-corrected chi connectivity index (χ1v) is 4.89. The van der Waals surface area contributed by atoms with E-state index < -0.39 is 6.10 Å². The molecule has 0 aliphatic carbocycles. The Morgan fingerprint density at radius 3 is 2.93 bits per heavy atom. The van der Waals surface area contributed by atoms with Crippen molar-refractivity contribution in [2.24, 2.45) is 0 Å². The molecule has 2 aromatic rings. The first kappa shape index (κ1) is 10.1. The van der Waals surface area contributed by atoms with Crippen LogP contribution in [0.25, 0.3) is 5.82 Å². The second-order valence-electron chi connectivity index (χ2n) is 3.23. The molecule has 0 unspecified atom stereocenters. The van der Waals surface area contributed by atoms with Crippen LogP contribution in [-0.2, 0) is 0 Å². The molecule has 0 bridgehead atoms. The number of aliphatic hydroxyl groups excluding tert-OH is 1. The number of rotatable bonds is 2. The van der Waals surface area contributed by atoms with Crippen molar-refractivity contribution in [3.05, 3.63) is 41.3 Å². The highest BCUT2D eigenvalue weighted by Gasteiger charge is 2.04. The molecule has 0 saturated heterocycles. The number of hydrogen-bond acceptors (Lipinski definition) is 3. The molecule has 15 heavy (non-hydrogen) atoms. The van der Waals surface area contributed by atoms with E-state index in [9.17, 15) is 5.11 Å². The van der Waals surface area contributed by atoms with Crippen LogP contribution >= 0.6 is 11.6 Å². The third kappa shape index (κ3) is 2.16. The van der Waals surface area contributed by atoms with Crippen LogP contribution in [0.2, 0.25) is 5.02 Å². The maximum Gasteiger partial charge on any atom is 0.153 e. The second-order valence-corrected chi connectivity index (χ2v) is 3.66. The standard InChI is InChI=1S/C10H10ClN3O/c1-7(15)8-2-3-12-10(4-8)14-6-9(11)5-13-14/h2-7,15H,1H3/t7-/m1/s1. The molecule has 2 heterocycles. The zero-order chi connectivity index (χ0) is 10.8. The first-order valence-electron chi connectivity index (χ1n) is 4.51. The van der Waals surface area contributed by atoms with Crippen molar-refractivity contribution in [1.29, 1.82) is 0 Å². The van der Waals surface area contributed by atoms with E-state index in [0.29, 0.717) is 10.8 Å². The highest BCUT2D eigenvalue weighted by atomic mass is 35.5. The van der Waals surface area contributed by atoms with Crippen LogP contribution in [0.4, 0.5) is 0 Å². The molecule has 4 nitrogen and oxygen atoms in total. The Balaban J connectivity index is 2.41. The van der Waals surface area contributed by atoms with Crippen LogP contribution in [0.15, 0.2) is 30.7 Å². The van der Waals surface area contributed by atoms with E-state index in [1.165, 1.54) is 6.20 Å². The molecule has 0 aliphatic heterocycles. The van der Waals surface area contributed by atoms with Gasteiger partial charge in [0.05, 0.1) is 23.5 Å². The Labute approximate surface area is 92.1 Å². The molecule has 1 N–H and O–H groups in total. The molecule has 0 spiro atoms. The number of aromatic nitrogens is 3. The lowest BCUT2D eigenvalue weighted by molar-refractivity contribution is 0.199. The molecule has 5 heteroatoms. The number of halogens is 1. The van der Waals surface area contributed by atoms with Gasteiger partial charge in [-0.05, 0) is 24.6 Å². The summed E-state index contributed by atoms with van der Waals surface area (Å²) in [5.41, 5.74) is 0.798. The summed E-state index contributed by atoms with van der Waals surface area (Å²) in [6.45, 7) is 1.70. The van der Waals surface area contributed by atoms with Gasteiger partial charge in [-0.3, -0.25) is 0 Å². The highest BCUT2D eigenvalue weighted by molar-refractivity contribution is 6.30. The molecule has 0 amide bonds. The van der Waals surface area contributed by atoms with Gasteiger partial charge in [-0.2, -0.15) is 5.10 Å². The van der Waals surface area contributed by atoms with Crippen LogP contribution in [-0.4, -0.2) is 19.9 Å². The lowest BCUT2D eigenvalue weighted by Crippen LogP contribution is -2.00. The minimum absolute atomic E-state index is 0.516. The summed E-state index contributed by atoms with van der Waals surface area (Å²) in [5, 5.41) is 14.0. The van der Waals surface area contributed by atoms with Gasteiger partial charge < -0.3 is 5.11 Å². The molecule has 0 aromatic carbocycles. The predicted molar refractivity (Wildman–Crippen MR) is 57.0 cm³/mol. The van der Waals surface area contributed by atoms with Gasteiger partial charge in [0.15, 0.2) is 5.82 Å². The fourth-order valence-corrected chi connectivity index (χ4v) is 1.38. The Morgan fingerprint density at radius 2 is 2.33 bits per heavy atom. The maximum atomic E-state index is 9.42. The van der Waals surface area contributed by atoms with Crippen molar-refractivity contribution in [1.82, 2.24) is 14.8 Å². The van der Waals surface area contributed by atoms with Gasteiger partial charge in [0.2, 0.25) is 0 Å². The Bertz CT molecular complexity index is 467. The van der Waals surface area contributed by atoms with Gasteiger partial charge in [0.1, 0.15) is 0 Å². The normalized spacial score (nSPS) is 12.7. The monoisotopic (exact) mass is 223 g/mol. The molecule has 2 rings (SSSR count). The minimum Gasteiger partial charge on any atom is -0.389 e. The lowest BCUT2D eigenvalue weighted by atomic mass is 10.2. The first-order chi connectivity index (χ1) is 7.16. The van der Waals surface area contributed by atoms with Crippen molar-refractivity contribution >= 4 is 11.6 Å². The molecule has 0 fully saturated rings. The summed E-state index contributed by atoms with van der Waals surface area (Å²) in [4.78, 5) is 4.14. The Hall–Kier alpha value is -1.39. The quantitative estimate of drug-likeness (QED) is 0.847. The van der Waals surface area contributed by atoms with Crippen molar-refractivity contribution < 1.29 is 5.11 Å². The fourth-order valence-electron chi connectivity index (χ4n) is 1.25. The van der Waals surface area contributed by atoms with Gasteiger partial charge in [-0.25, -0.2) is 9.67 Å². The van der Waals surface area contributed by atoms with E-state index in [-0.39, 0.29) is 0 Å². The van der Waals surface area contributed by atoms with Crippen LogP contribution in [0.1, 0.15) is 18.6 Å². The summed E-state index contributed by atoms with van der Waals surface area (Å²) in [7, 11) is 0. The highest BCUT2D eigenvalue weighted by Crippen LogP contribution is 2.15. The molecular formula is C10H10ClN3O. The van der Waals surface area contributed by atoms with Crippen molar-refractivity contribution in [3.63, 3.8) is 0 Å². The molecule has 0 aliphatic rings. The van der Waals surface area contributed by atoms with E-state index in [1.807, 2.05) is 0 Å². The maximum absolute atomic E-state index is 9.42. The summed E-state index contributed by atoms with van der Waals surface area (Å²) in [5.74, 6) is 0.639. The summed E-state index contributed by atoms with van der Waals surface area (Å²) in [6, 6.07) is 3.53. The van der Waals surface area contributed by atoms with E-state index in [1.54, 1.807) is 36.1 Å². The zero-order valence-corrected chi connectivity index (χ0v) is 8.89. The van der Waals surface area contributed by atoms with E-state index in [4.69, 9.17) is 11.6 Å². The third-order valence-electron chi connectivity index (χ3n) is 2.04. The molecular weight excluding hydrogens is 214 g/mol. The van der Waals surface area contributed by atoms with E-state index in [2.05, 4.69) is 10.1 Å². The van der Waals surface area contributed by atoms with Crippen LogP contribution < -0.4 is 0 Å². The summed E-state index contributed by atoms with van der Waals surface area (Å²) in [6.07, 6.45) is 4.32. The van der Waals surface area contributed by atoms with Gasteiger partial charge in [0, 0.05) is 6.20 Å². The van der Waals surface area contributed by atoms with Crippen molar-refractivity contribution in [2.45, 2.75) is 13.0 Å². The number of hydrogen-bond donors (Lipinski definition) is 1. The average Bonchev–Trinajstić information content (AvgIpc) is 2.65. The Kier molecular flexibility index (Phi) is 2.70. The van der Waals surface area contributed by atoms with Crippen LogP contribution in [0.3, 0.4) is 0 Å². The third-order valence-corrected chi connectivity index (χ3v) is 2.23. The van der Waals surface area contributed by atoms with E-state index >= 15 is 0 Å². The Morgan fingerprint density at radius 1 is 1.53 bits per heavy atom. The smallest absolute Gasteiger partial charge is 0.153 e. The van der Waals surface area contributed by atoms with Gasteiger partial charge in [-0.15, -0.1) is 0 Å². The molecule has 78 valence electrons. The number of aliphatic hydroxyl groups is 1. The van der Waals surface area contributed by atoms with Crippen LogP contribution in [0, 0.1) is 0 Å². The average molecular weight is 224 g/mol. The second kappa shape index (κ2) is 4.00. The number of pyridine rings is 1. The van der Waals surface area contributed by atoms with Gasteiger partial charge in [0.25, 0.3) is 0 Å². The van der Waals surface area contributed by atoms with Crippen molar-refractivity contribution in [2.75, 3.05) is 0 Å². The van der Waals surface area contributed by atoms with Crippen molar-refractivity contribution in [3.8, 4) is 5.82 Å². The minimum atomic E-state index is -0.516. The topological polar surface area (TPSA) is 50.9 Å². The van der Waals surface area contributed by atoms with Crippen LogP contribution in [0.5, 0.6) is 0 Å². The zero-order valence-electron chi connectivity index (χ0n) is 8.13. The molecule has 1 atom stereocenters. The molecule has 0 saturated carbocycles. The fraction of sp³-hybridized carbons (Fsp3) is 0.200. The summed E-state index contributed by atoms with van der Waals surface area (Å²) >= 11 is 5.75. The number of nitrogens with zero attached hydrogens (tertiary/aromatic N) is 3. The van der Waals surface area contributed by atoms with Gasteiger partial charge in [-0.1, -0.05) is 11.6 Å². The predicted octanol–water partition coefficient (Wildman–Crippen LogP) is 1.97. The largest absolute Gasteiger partial charge is 0.389 e.